The van der Waals surface area contributed by atoms with Gasteiger partial charge in [-0.3, -0.25) is 0 Å². The van der Waals surface area contributed by atoms with Crippen LogP contribution in [-0.4, -0.2) is 16.6 Å². The highest BCUT2D eigenvalue weighted by Crippen LogP contribution is 2.29. The van der Waals surface area contributed by atoms with E-state index in [0.717, 1.165) is 22.9 Å². The summed E-state index contributed by atoms with van der Waals surface area (Å²) < 4.78 is 0. The number of fused-ring (bicyclic) bond motifs is 1. The van der Waals surface area contributed by atoms with Gasteiger partial charge in [0.15, 0.2) is 0 Å². The second-order valence-corrected chi connectivity index (χ2v) is 4.64. The summed E-state index contributed by atoms with van der Waals surface area (Å²) in [6.45, 7) is 4.23. The normalized spacial score (nSPS) is 12.2. The Labute approximate surface area is 95.3 Å². The van der Waals surface area contributed by atoms with Gasteiger partial charge in [0, 0.05) is 17.1 Å². The lowest BCUT2D eigenvalue weighted by Crippen LogP contribution is -2.15. The lowest BCUT2D eigenvalue weighted by atomic mass is 9.95. The Morgan fingerprint density at radius 3 is 2.75 bits per heavy atom. The fourth-order valence-corrected chi connectivity index (χ4v) is 2.08. The first-order valence-electron chi connectivity index (χ1n) is 5.56. The quantitative estimate of drug-likeness (QED) is 0.736. The minimum absolute atomic E-state index is 0.639. The molecule has 0 aliphatic rings. The second kappa shape index (κ2) is 3.92. The number of nitrogens with one attached hydrogen (secondary N) is 1. The molecule has 0 saturated heterocycles. The third-order valence-corrected chi connectivity index (χ3v) is 2.87. The first-order chi connectivity index (χ1) is 7.54. The van der Waals surface area contributed by atoms with Gasteiger partial charge in [0.25, 0.3) is 0 Å². The SMILES string of the molecule is CC(C)(O)c1cccc2c(CCN)c[nH]c12. The van der Waals surface area contributed by atoms with Crippen LogP contribution in [0.15, 0.2) is 24.4 Å². The smallest absolute Gasteiger partial charge is 0.0860 e. The Balaban J connectivity index is 2.62. The lowest BCUT2D eigenvalue weighted by Gasteiger charge is -2.18. The van der Waals surface area contributed by atoms with Crippen molar-refractivity contribution in [1.29, 1.82) is 0 Å². The monoisotopic (exact) mass is 218 g/mol. The van der Waals surface area contributed by atoms with Gasteiger partial charge in [-0.1, -0.05) is 18.2 Å². The Morgan fingerprint density at radius 2 is 2.12 bits per heavy atom. The van der Waals surface area contributed by atoms with E-state index >= 15 is 0 Å². The predicted molar refractivity (Wildman–Crippen MR) is 66.3 cm³/mol. The summed E-state index contributed by atoms with van der Waals surface area (Å²) >= 11 is 0. The number of rotatable bonds is 3. The summed E-state index contributed by atoms with van der Waals surface area (Å²) in [6, 6.07) is 5.99. The molecular formula is C13H18N2O. The van der Waals surface area contributed by atoms with Crippen LogP contribution >= 0.6 is 0 Å². The van der Waals surface area contributed by atoms with Crippen LogP contribution in [0.5, 0.6) is 0 Å². The maximum Gasteiger partial charge on any atom is 0.0860 e. The van der Waals surface area contributed by atoms with E-state index in [1.54, 1.807) is 13.8 Å². The first kappa shape index (κ1) is 11.2. The molecule has 4 N–H and O–H groups in total. The molecule has 1 aromatic carbocycles. The number of hydrogen-bond donors (Lipinski definition) is 3. The second-order valence-electron chi connectivity index (χ2n) is 4.64. The largest absolute Gasteiger partial charge is 0.386 e. The van der Waals surface area contributed by atoms with Crippen molar-refractivity contribution >= 4 is 10.9 Å². The summed E-state index contributed by atoms with van der Waals surface area (Å²) in [5.74, 6) is 0. The Kier molecular flexibility index (Phi) is 2.74. The number of benzene rings is 1. The molecule has 1 aromatic heterocycles. The molecule has 0 unspecified atom stereocenters. The summed E-state index contributed by atoms with van der Waals surface area (Å²) in [5, 5.41) is 11.2. The van der Waals surface area contributed by atoms with Crippen LogP contribution < -0.4 is 5.73 Å². The predicted octanol–water partition coefficient (Wildman–Crippen LogP) is 1.90. The highest BCUT2D eigenvalue weighted by molar-refractivity contribution is 5.86. The van der Waals surface area contributed by atoms with E-state index in [4.69, 9.17) is 5.73 Å². The number of hydrogen-bond acceptors (Lipinski definition) is 2. The summed E-state index contributed by atoms with van der Waals surface area (Å²) in [7, 11) is 0. The molecule has 0 spiro atoms. The Morgan fingerprint density at radius 1 is 1.38 bits per heavy atom. The van der Waals surface area contributed by atoms with Gasteiger partial charge in [0.05, 0.1) is 11.1 Å². The van der Waals surface area contributed by atoms with Crippen molar-refractivity contribution in [2.24, 2.45) is 5.73 Å². The van der Waals surface area contributed by atoms with Crippen molar-refractivity contribution in [3.05, 3.63) is 35.5 Å². The molecule has 0 aliphatic carbocycles. The first-order valence-corrected chi connectivity index (χ1v) is 5.56. The molecule has 0 aliphatic heterocycles. The van der Waals surface area contributed by atoms with E-state index in [9.17, 15) is 5.11 Å². The van der Waals surface area contributed by atoms with E-state index < -0.39 is 5.60 Å². The highest BCUT2D eigenvalue weighted by atomic mass is 16.3. The van der Waals surface area contributed by atoms with Crippen LogP contribution in [0.4, 0.5) is 0 Å². The molecule has 86 valence electrons. The summed E-state index contributed by atoms with van der Waals surface area (Å²) in [5.41, 5.74) is 7.89. The van der Waals surface area contributed by atoms with Crippen molar-refractivity contribution in [2.75, 3.05) is 6.54 Å². The van der Waals surface area contributed by atoms with E-state index in [2.05, 4.69) is 11.1 Å². The number of H-pyrrole nitrogens is 1. The summed E-state index contributed by atoms with van der Waals surface area (Å²) in [4.78, 5) is 3.23. The van der Waals surface area contributed by atoms with Crippen molar-refractivity contribution in [3.63, 3.8) is 0 Å². The van der Waals surface area contributed by atoms with Gasteiger partial charge in [-0.05, 0) is 32.4 Å². The van der Waals surface area contributed by atoms with Gasteiger partial charge in [-0.25, -0.2) is 0 Å². The number of aliphatic hydroxyl groups is 1. The topological polar surface area (TPSA) is 62.0 Å². The molecule has 3 heteroatoms. The molecule has 0 saturated carbocycles. The van der Waals surface area contributed by atoms with Crippen LogP contribution in [0.25, 0.3) is 10.9 Å². The van der Waals surface area contributed by atoms with Crippen molar-refractivity contribution in [2.45, 2.75) is 25.9 Å². The van der Waals surface area contributed by atoms with Gasteiger partial charge >= 0.3 is 0 Å². The third kappa shape index (κ3) is 1.84. The fraction of sp³-hybridized carbons (Fsp3) is 0.385. The molecule has 3 nitrogen and oxygen atoms in total. The minimum Gasteiger partial charge on any atom is -0.386 e. The third-order valence-electron chi connectivity index (χ3n) is 2.87. The molecule has 0 bridgehead atoms. The van der Waals surface area contributed by atoms with Gasteiger partial charge in [0.1, 0.15) is 0 Å². The van der Waals surface area contributed by atoms with Gasteiger partial charge in [-0.2, -0.15) is 0 Å². The molecule has 2 rings (SSSR count). The lowest BCUT2D eigenvalue weighted by molar-refractivity contribution is 0.0800. The van der Waals surface area contributed by atoms with E-state index in [1.165, 1.54) is 5.56 Å². The average Bonchev–Trinajstić information content (AvgIpc) is 2.61. The van der Waals surface area contributed by atoms with Crippen LogP contribution in [-0.2, 0) is 12.0 Å². The van der Waals surface area contributed by atoms with Crippen LogP contribution in [0, 0.1) is 0 Å². The van der Waals surface area contributed by atoms with Crippen molar-refractivity contribution in [1.82, 2.24) is 4.98 Å². The molecule has 0 atom stereocenters. The molecule has 2 aromatic rings. The van der Waals surface area contributed by atoms with Crippen LogP contribution in [0.1, 0.15) is 25.0 Å². The van der Waals surface area contributed by atoms with E-state index in [0.29, 0.717) is 6.54 Å². The number of aromatic nitrogens is 1. The van der Waals surface area contributed by atoms with E-state index in [1.807, 2.05) is 18.3 Å². The zero-order valence-corrected chi connectivity index (χ0v) is 9.75. The van der Waals surface area contributed by atoms with E-state index in [-0.39, 0.29) is 0 Å². The van der Waals surface area contributed by atoms with Gasteiger partial charge < -0.3 is 15.8 Å². The molecule has 16 heavy (non-hydrogen) atoms. The average molecular weight is 218 g/mol. The molecule has 0 amide bonds. The Bertz CT molecular complexity index is 494. The van der Waals surface area contributed by atoms with Crippen LogP contribution in [0.2, 0.25) is 0 Å². The zero-order chi connectivity index (χ0) is 11.8. The maximum absolute atomic E-state index is 10.1. The van der Waals surface area contributed by atoms with Gasteiger partial charge in [0.2, 0.25) is 0 Å². The fourth-order valence-electron chi connectivity index (χ4n) is 2.08. The number of para-hydroxylation sites is 1. The maximum atomic E-state index is 10.1. The molecule has 0 fully saturated rings. The molecular weight excluding hydrogens is 200 g/mol. The highest BCUT2D eigenvalue weighted by Gasteiger charge is 2.20. The minimum atomic E-state index is -0.829. The molecule has 1 heterocycles. The summed E-state index contributed by atoms with van der Waals surface area (Å²) in [6.07, 6.45) is 2.84. The van der Waals surface area contributed by atoms with Crippen molar-refractivity contribution < 1.29 is 5.11 Å². The molecule has 0 radical (unpaired) electrons. The number of nitrogens with two attached hydrogens (primary N) is 1. The Hall–Kier alpha value is -1.32. The van der Waals surface area contributed by atoms with Crippen LogP contribution in [0.3, 0.4) is 0 Å². The number of aromatic amines is 1. The van der Waals surface area contributed by atoms with Crippen molar-refractivity contribution in [3.8, 4) is 0 Å². The van der Waals surface area contributed by atoms with Gasteiger partial charge in [-0.15, -0.1) is 0 Å². The standard InChI is InChI=1S/C13H18N2O/c1-13(2,16)11-5-3-4-10-9(6-7-14)8-15-12(10)11/h3-5,8,15-16H,6-7,14H2,1-2H3. The zero-order valence-electron chi connectivity index (χ0n) is 9.75.